The second kappa shape index (κ2) is 3.30. The third-order valence-corrected chi connectivity index (χ3v) is 0.795. The van der Waals surface area contributed by atoms with Crippen molar-refractivity contribution in [2.75, 3.05) is 6.61 Å². The topological polar surface area (TPSA) is 9.23 Å². The minimum absolute atomic E-state index is 0.672. The van der Waals surface area contributed by atoms with Crippen molar-refractivity contribution in [2.45, 2.75) is 13.8 Å². The number of hydrogen-bond donors (Lipinski definition) is 0. The number of ether oxygens (including phenoxy) is 1. The molecule has 0 N–H and O–H groups in total. The van der Waals surface area contributed by atoms with Gasteiger partial charge >= 0.3 is 0 Å². The van der Waals surface area contributed by atoms with Crippen molar-refractivity contribution in [3.63, 3.8) is 0 Å². The van der Waals surface area contributed by atoms with Crippen molar-refractivity contribution in [3.8, 4) is 0 Å². The average molecular weight is 112 g/mol. The van der Waals surface area contributed by atoms with Gasteiger partial charge in [-0.2, -0.15) is 0 Å². The normalized spacial score (nSPS) is 8.25. The maximum Gasteiger partial charge on any atom is 0.114 e. The fourth-order valence-electron chi connectivity index (χ4n) is 0.297. The van der Waals surface area contributed by atoms with E-state index in [-0.39, 0.29) is 0 Å². The van der Waals surface area contributed by atoms with E-state index < -0.39 is 0 Å². The standard InChI is InChI=1S/C7H12O/c1-5-8-7(4)6(2)3/h2,4-5H2,1,3H3. The molecule has 0 aliphatic rings. The Morgan fingerprint density at radius 3 is 2.12 bits per heavy atom. The van der Waals surface area contributed by atoms with Crippen molar-refractivity contribution in [1.29, 1.82) is 0 Å². The number of allylic oxidation sites excluding steroid dienone is 1. The first kappa shape index (κ1) is 7.28. The van der Waals surface area contributed by atoms with E-state index in [2.05, 4.69) is 13.2 Å². The molecule has 0 radical (unpaired) electrons. The molecular weight excluding hydrogens is 100 g/mol. The van der Waals surface area contributed by atoms with Crippen molar-refractivity contribution in [3.05, 3.63) is 24.5 Å². The van der Waals surface area contributed by atoms with Crippen LogP contribution in [0, 0.1) is 0 Å². The van der Waals surface area contributed by atoms with Crippen molar-refractivity contribution < 1.29 is 4.74 Å². The van der Waals surface area contributed by atoms with Gasteiger partial charge in [0.2, 0.25) is 0 Å². The first-order valence-electron chi connectivity index (χ1n) is 2.66. The van der Waals surface area contributed by atoms with Gasteiger partial charge in [0, 0.05) is 0 Å². The highest BCUT2D eigenvalue weighted by molar-refractivity contribution is 5.15. The Bertz CT molecular complexity index is 103. The molecule has 0 aromatic carbocycles. The van der Waals surface area contributed by atoms with Gasteiger partial charge in [0.15, 0.2) is 0 Å². The highest BCUT2D eigenvalue weighted by Gasteiger charge is 1.89. The third-order valence-electron chi connectivity index (χ3n) is 0.795. The molecule has 0 aromatic heterocycles. The third kappa shape index (κ3) is 2.45. The van der Waals surface area contributed by atoms with E-state index in [0.29, 0.717) is 12.4 Å². The molecule has 0 bridgehead atoms. The Morgan fingerprint density at radius 1 is 1.50 bits per heavy atom. The fourth-order valence-corrected chi connectivity index (χ4v) is 0.297. The molecule has 0 aromatic rings. The lowest BCUT2D eigenvalue weighted by Crippen LogP contribution is -1.88. The summed E-state index contributed by atoms with van der Waals surface area (Å²) in [6.07, 6.45) is 0. The molecule has 0 unspecified atom stereocenters. The van der Waals surface area contributed by atoms with Gasteiger partial charge in [0.25, 0.3) is 0 Å². The summed E-state index contributed by atoms with van der Waals surface area (Å²) in [5, 5.41) is 0. The van der Waals surface area contributed by atoms with Crippen molar-refractivity contribution in [2.24, 2.45) is 0 Å². The van der Waals surface area contributed by atoms with E-state index in [1.807, 2.05) is 13.8 Å². The van der Waals surface area contributed by atoms with Crippen LogP contribution in [0.25, 0.3) is 0 Å². The predicted octanol–water partition coefficient (Wildman–Crippen LogP) is 2.11. The van der Waals surface area contributed by atoms with Crippen LogP contribution in [-0.4, -0.2) is 6.61 Å². The fraction of sp³-hybridized carbons (Fsp3) is 0.429. The Hall–Kier alpha value is -0.720. The summed E-state index contributed by atoms with van der Waals surface area (Å²) >= 11 is 0. The van der Waals surface area contributed by atoms with Crippen LogP contribution in [0.1, 0.15) is 13.8 Å². The molecule has 0 spiro atoms. The van der Waals surface area contributed by atoms with Crippen LogP contribution in [0.3, 0.4) is 0 Å². The Kier molecular flexibility index (Phi) is 3.01. The van der Waals surface area contributed by atoms with Crippen LogP contribution >= 0.6 is 0 Å². The lowest BCUT2D eigenvalue weighted by molar-refractivity contribution is 0.239. The summed E-state index contributed by atoms with van der Waals surface area (Å²) in [5.74, 6) is 0.688. The summed E-state index contributed by atoms with van der Waals surface area (Å²) in [6.45, 7) is 11.7. The summed E-state index contributed by atoms with van der Waals surface area (Å²) in [6, 6.07) is 0. The van der Waals surface area contributed by atoms with E-state index in [4.69, 9.17) is 4.74 Å². The Morgan fingerprint density at radius 2 is 2.00 bits per heavy atom. The zero-order chi connectivity index (χ0) is 6.57. The van der Waals surface area contributed by atoms with Gasteiger partial charge in [-0.3, -0.25) is 0 Å². The average Bonchev–Trinajstić information content (AvgIpc) is 1.67. The summed E-state index contributed by atoms with van der Waals surface area (Å²) < 4.78 is 5.01. The lowest BCUT2D eigenvalue weighted by Gasteiger charge is -2.03. The van der Waals surface area contributed by atoms with Crippen LogP contribution in [0.2, 0.25) is 0 Å². The van der Waals surface area contributed by atoms with Crippen molar-refractivity contribution >= 4 is 0 Å². The second-order valence-corrected chi connectivity index (χ2v) is 1.64. The molecule has 0 aliphatic heterocycles. The Balaban J connectivity index is 3.49. The lowest BCUT2D eigenvalue weighted by atomic mass is 10.3. The van der Waals surface area contributed by atoms with E-state index >= 15 is 0 Å². The largest absolute Gasteiger partial charge is 0.494 e. The molecule has 0 aliphatic carbocycles. The van der Waals surface area contributed by atoms with Gasteiger partial charge in [0.1, 0.15) is 5.76 Å². The molecule has 0 fully saturated rings. The van der Waals surface area contributed by atoms with E-state index in [0.717, 1.165) is 5.57 Å². The molecule has 0 amide bonds. The Labute approximate surface area is 50.7 Å². The number of rotatable bonds is 3. The second-order valence-electron chi connectivity index (χ2n) is 1.64. The maximum absolute atomic E-state index is 5.01. The van der Waals surface area contributed by atoms with Crippen LogP contribution in [0.5, 0.6) is 0 Å². The SMILES string of the molecule is C=C(C)C(=C)OCC. The molecule has 0 saturated heterocycles. The van der Waals surface area contributed by atoms with E-state index in [1.165, 1.54) is 0 Å². The summed E-state index contributed by atoms with van der Waals surface area (Å²) in [7, 11) is 0. The van der Waals surface area contributed by atoms with Crippen LogP contribution in [0.4, 0.5) is 0 Å². The molecule has 1 heteroatoms. The molecule has 0 atom stereocenters. The molecule has 0 heterocycles. The van der Waals surface area contributed by atoms with Gasteiger partial charge in [0.05, 0.1) is 6.61 Å². The number of hydrogen-bond acceptors (Lipinski definition) is 1. The van der Waals surface area contributed by atoms with Crippen molar-refractivity contribution in [1.82, 2.24) is 0 Å². The molecule has 8 heavy (non-hydrogen) atoms. The van der Waals surface area contributed by atoms with Crippen LogP contribution in [0.15, 0.2) is 24.5 Å². The molecule has 0 rings (SSSR count). The molecule has 1 nitrogen and oxygen atoms in total. The summed E-state index contributed by atoms with van der Waals surface area (Å²) in [5.41, 5.74) is 0.895. The first-order chi connectivity index (χ1) is 3.68. The minimum Gasteiger partial charge on any atom is -0.494 e. The maximum atomic E-state index is 5.01. The van der Waals surface area contributed by atoms with E-state index in [9.17, 15) is 0 Å². The molecule has 46 valence electrons. The summed E-state index contributed by atoms with van der Waals surface area (Å²) in [4.78, 5) is 0. The minimum atomic E-state index is 0.672. The molecular formula is C7H12O. The van der Waals surface area contributed by atoms with Gasteiger partial charge in [-0.25, -0.2) is 0 Å². The smallest absolute Gasteiger partial charge is 0.114 e. The van der Waals surface area contributed by atoms with Gasteiger partial charge in [-0.05, 0) is 19.4 Å². The zero-order valence-electron chi connectivity index (χ0n) is 5.53. The first-order valence-corrected chi connectivity index (χ1v) is 2.66. The van der Waals surface area contributed by atoms with Crippen LogP contribution < -0.4 is 0 Å². The van der Waals surface area contributed by atoms with Gasteiger partial charge < -0.3 is 4.74 Å². The van der Waals surface area contributed by atoms with Crippen LogP contribution in [-0.2, 0) is 4.74 Å². The highest BCUT2D eigenvalue weighted by atomic mass is 16.5. The zero-order valence-corrected chi connectivity index (χ0v) is 5.53. The quantitative estimate of drug-likeness (QED) is 0.401. The van der Waals surface area contributed by atoms with Gasteiger partial charge in [-0.1, -0.05) is 13.2 Å². The van der Waals surface area contributed by atoms with Gasteiger partial charge in [-0.15, -0.1) is 0 Å². The molecule has 0 saturated carbocycles. The monoisotopic (exact) mass is 112 g/mol. The van der Waals surface area contributed by atoms with E-state index in [1.54, 1.807) is 0 Å². The highest BCUT2D eigenvalue weighted by Crippen LogP contribution is 2.03. The predicted molar refractivity (Wildman–Crippen MR) is 35.6 cm³/mol.